The highest BCUT2D eigenvalue weighted by molar-refractivity contribution is 7.81. The third kappa shape index (κ3) is 3.96. The second-order valence-corrected chi connectivity index (χ2v) is 9.37. The summed E-state index contributed by atoms with van der Waals surface area (Å²) in [7, 11) is 0. The second-order valence-electron chi connectivity index (χ2n) is 9.00. The molecular weight excluding hydrogens is 498 g/mol. The Morgan fingerprint density at radius 2 is 1.94 bits per heavy atom. The van der Waals surface area contributed by atoms with Gasteiger partial charge in [0.05, 0.1) is 17.4 Å². The van der Waals surface area contributed by atoms with E-state index in [9.17, 15) is 22.4 Å². The molecule has 1 aromatic carbocycles. The van der Waals surface area contributed by atoms with Crippen LogP contribution in [0.4, 0.5) is 28.9 Å². The summed E-state index contributed by atoms with van der Waals surface area (Å²) in [6.45, 7) is 0.886. The van der Waals surface area contributed by atoms with E-state index < -0.39 is 41.2 Å². The van der Waals surface area contributed by atoms with Crippen LogP contribution < -0.4 is 19.9 Å². The molecule has 5 rings (SSSR count). The maximum absolute atomic E-state index is 14.1. The van der Waals surface area contributed by atoms with E-state index in [0.29, 0.717) is 37.2 Å². The van der Waals surface area contributed by atoms with Crippen molar-refractivity contribution in [2.45, 2.75) is 49.7 Å². The molecule has 2 aliphatic heterocycles. The van der Waals surface area contributed by atoms with E-state index in [2.05, 4.69) is 10.3 Å². The van der Waals surface area contributed by atoms with Crippen LogP contribution >= 0.6 is 12.2 Å². The van der Waals surface area contributed by atoms with Gasteiger partial charge in [-0.2, -0.15) is 18.4 Å². The van der Waals surface area contributed by atoms with Crippen molar-refractivity contribution in [3.8, 4) is 11.8 Å². The lowest BCUT2D eigenvalue weighted by Crippen LogP contribution is -2.55. The summed E-state index contributed by atoms with van der Waals surface area (Å²) in [5.41, 5.74) is -2.60. The number of benzene rings is 1. The van der Waals surface area contributed by atoms with Crippen LogP contribution in [0.15, 0.2) is 36.5 Å². The fourth-order valence-corrected chi connectivity index (χ4v) is 5.34. The molecule has 3 fully saturated rings. The average molecular weight is 520 g/mol. The normalized spacial score (nSPS) is 23.5. The van der Waals surface area contributed by atoms with Gasteiger partial charge in [-0.1, -0.05) is 0 Å². The van der Waals surface area contributed by atoms with E-state index in [0.717, 1.165) is 23.6 Å². The molecule has 1 amide bonds. The molecule has 2 atom stereocenters. The Kier molecular flexibility index (Phi) is 6.08. The number of ether oxygens (including phenoxy) is 1. The van der Waals surface area contributed by atoms with Crippen LogP contribution in [0.2, 0.25) is 0 Å². The lowest BCUT2D eigenvalue weighted by atomic mass is 9.75. The van der Waals surface area contributed by atoms with Crippen molar-refractivity contribution in [2.24, 2.45) is 0 Å². The Morgan fingerprint density at radius 3 is 2.53 bits per heavy atom. The quantitative estimate of drug-likeness (QED) is 0.481. The number of nitrogens with one attached hydrogen (secondary N) is 1. The van der Waals surface area contributed by atoms with E-state index in [1.165, 1.54) is 6.07 Å². The molecule has 7 nitrogen and oxygen atoms in total. The van der Waals surface area contributed by atoms with Crippen molar-refractivity contribution in [3.63, 3.8) is 0 Å². The highest BCUT2D eigenvalue weighted by Crippen LogP contribution is 2.48. The Labute approximate surface area is 209 Å². The highest BCUT2D eigenvalue weighted by Gasteiger charge is 2.59. The first kappa shape index (κ1) is 24.4. The van der Waals surface area contributed by atoms with Crippen molar-refractivity contribution in [1.82, 2.24) is 10.3 Å². The molecule has 3 heterocycles. The number of thiocarbonyl (C=S) groups is 1. The molecule has 0 unspecified atom stereocenters. The third-order valence-electron chi connectivity index (χ3n) is 6.87. The molecule has 2 aromatic rings. The monoisotopic (exact) mass is 519 g/mol. The number of carbonyl (C=O) groups is 1. The van der Waals surface area contributed by atoms with Gasteiger partial charge in [0, 0.05) is 12.2 Å². The SMILES string of the molecule is N#Cc1ncc(N2C(=O)C3(CCC3)N(c3ccc(O[C@H]4CCNC[C@H]4F)cc3)C2=S)cc1C(F)(F)F. The van der Waals surface area contributed by atoms with Crippen molar-refractivity contribution in [3.05, 3.63) is 47.8 Å². The van der Waals surface area contributed by atoms with Gasteiger partial charge in [0.1, 0.15) is 29.6 Å². The lowest BCUT2D eigenvalue weighted by molar-refractivity contribution is -0.138. The van der Waals surface area contributed by atoms with E-state index in [4.69, 9.17) is 22.2 Å². The van der Waals surface area contributed by atoms with Crippen LogP contribution in [0.25, 0.3) is 0 Å². The van der Waals surface area contributed by atoms with Gasteiger partial charge < -0.3 is 15.0 Å². The van der Waals surface area contributed by atoms with Gasteiger partial charge >= 0.3 is 6.18 Å². The number of aromatic nitrogens is 1. The minimum absolute atomic E-state index is 0.0233. The van der Waals surface area contributed by atoms with Crippen LogP contribution in [0.5, 0.6) is 5.75 Å². The predicted octanol–water partition coefficient (Wildman–Crippen LogP) is 4.11. The first-order chi connectivity index (χ1) is 17.2. The minimum atomic E-state index is -4.82. The maximum atomic E-state index is 14.1. The van der Waals surface area contributed by atoms with E-state index in [1.54, 1.807) is 29.2 Å². The molecule has 2 saturated heterocycles. The van der Waals surface area contributed by atoms with Gasteiger partial charge in [-0.3, -0.25) is 9.69 Å². The zero-order valence-electron chi connectivity index (χ0n) is 18.9. The number of amides is 1. The van der Waals surface area contributed by atoms with Crippen LogP contribution in [0.3, 0.4) is 0 Å². The van der Waals surface area contributed by atoms with Crippen LogP contribution in [-0.4, -0.2) is 46.9 Å². The van der Waals surface area contributed by atoms with Gasteiger partial charge in [0.2, 0.25) is 0 Å². The first-order valence-corrected chi connectivity index (χ1v) is 11.8. The summed E-state index contributed by atoms with van der Waals surface area (Å²) in [5, 5.41) is 12.0. The molecule has 1 spiro atoms. The third-order valence-corrected chi connectivity index (χ3v) is 7.23. The number of piperidine rings is 1. The summed E-state index contributed by atoms with van der Waals surface area (Å²) >= 11 is 5.60. The molecule has 188 valence electrons. The minimum Gasteiger partial charge on any atom is -0.487 e. The van der Waals surface area contributed by atoms with Crippen molar-refractivity contribution < 1.29 is 27.1 Å². The predicted molar refractivity (Wildman–Crippen MR) is 126 cm³/mol. The highest BCUT2D eigenvalue weighted by atomic mass is 32.1. The van der Waals surface area contributed by atoms with E-state index >= 15 is 0 Å². The maximum Gasteiger partial charge on any atom is 0.419 e. The molecule has 0 bridgehead atoms. The number of hydrogen-bond donors (Lipinski definition) is 1. The number of rotatable bonds is 4. The number of carbonyl (C=O) groups excluding carboxylic acids is 1. The summed E-state index contributed by atoms with van der Waals surface area (Å²) < 4.78 is 60.5. The Hall–Kier alpha value is -3.30. The van der Waals surface area contributed by atoms with Gasteiger partial charge in [-0.15, -0.1) is 0 Å². The number of halogens is 4. The Morgan fingerprint density at radius 1 is 1.22 bits per heavy atom. The molecule has 36 heavy (non-hydrogen) atoms. The number of pyridine rings is 1. The van der Waals surface area contributed by atoms with Crippen molar-refractivity contribution in [2.75, 3.05) is 22.9 Å². The molecule has 3 aliphatic rings. The first-order valence-electron chi connectivity index (χ1n) is 11.4. The number of hydrogen-bond acceptors (Lipinski definition) is 6. The van der Waals surface area contributed by atoms with E-state index in [1.807, 2.05) is 0 Å². The Balaban J connectivity index is 1.45. The molecular formula is C24H21F4N5O2S. The summed E-state index contributed by atoms with van der Waals surface area (Å²) in [6, 6.07) is 8.89. The van der Waals surface area contributed by atoms with Gasteiger partial charge in [0.25, 0.3) is 5.91 Å². The van der Waals surface area contributed by atoms with Crippen LogP contribution in [-0.2, 0) is 11.0 Å². The summed E-state index contributed by atoms with van der Waals surface area (Å²) in [5.74, 6) is 0.0315. The van der Waals surface area contributed by atoms with Crippen molar-refractivity contribution in [1.29, 1.82) is 5.26 Å². The molecule has 1 N–H and O–H groups in total. The largest absolute Gasteiger partial charge is 0.487 e. The molecule has 12 heteroatoms. The average Bonchev–Trinajstić information content (AvgIpc) is 3.07. The number of nitriles is 1. The smallest absolute Gasteiger partial charge is 0.419 e. The zero-order chi connectivity index (χ0) is 25.7. The van der Waals surface area contributed by atoms with Gasteiger partial charge in [-0.25, -0.2) is 9.37 Å². The topological polar surface area (TPSA) is 81.5 Å². The molecule has 1 aromatic heterocycles. The number of nitrogens with zero attached hydrogens (tertiary/aromatic N) is 4. The van der Waals surface area contributed by atoms with Crippen LogP contribution in [0.1, 0.15) is 36.9 Å². The van der Waals surface area contributed by atoms with E-state index in [-0.39, 0.29) is 17.3 Å². The molecule has 1 saturated carbocycles. The molecule has 0 radical (unpaired) electrons. The van der Waals surface area contributed by atoms with Gasteiger partial charge in [0.15, 0.2) is 10.8 Å². The lowest BCUT2D eigenvalue weighted by Gasteiger charge is -2.43. The van der Waals surface area contributed by atoms with Gasteiger partial charge in [-0.05, 0) is 74.8 Å². The summed E-state index contributed by atoms with van der Waals surface area (Å²) in [6.07, 6.45) is -3.21. The zero-order valence-corrected chi connectivity index (χ0v) is 19.7. The standard InChI is InChI=1S/C24H21F4N5O2S/c25-18-13-30-9-6-20(18)35-16-4-2-14(3-5-16)33-22(36)32(21(34)23(33)7-1-8-23)15-10-17(24(26,27)28)19(11-29)31-12-15/h2-5,10,12,18,20,30H,1,6-9,13H2/t18-,20+/m1/s1. The Bertz CT molecular complexity index is 1240. The number of anilines is 2. The second kappa shape index (κ2) is 8.97. The fourth-order valence-electron chi connectivity index (χ4n) is 4.87. The molecule has 1 aliphatic carbocycles. The summed E-state index contributed by atoms with van der Waals surface area (Å²) in [4.78, 5) is 19.9. The fraction of sp³-hybridized carbons (Fsp3) is 0.417. The van der Waals surface area contributed by atoms with Crippen molar-refractivity contribution >= 4 is 34.6 Å². The number of alkyl halides is 4. The van der Waals surface area contributed by atoms with Crippen LogP contribution in [0, 0.1) is 11.3 Å².